The van der Waals surface area contributed by atoms with Crippen molar-refractivity contribution in [3.63, 3.8) is 0 Å². The van der Waals surface area contributed by atoms with Crippen LogP contribution >= 0.6 is 11.8 Å². The molecule has 0 saturated carbocycles. The number of ether oxygens (including phenoxy) is 2. The van der Waals surface area contributed by atoms with Crippen LogP contribution < -0.4 is 4.74 Å². The van der Waals surface area contributed by atoms with E-state index in [1.54, 1.807) is 18.9 Å². The number of nitrogens with zero attached hydrogens (tertiary/aromatic N) is 2. The Kier molecular flexibility index (Phi) is 5.57. The van der Waals surface area contributed by atoms with Crippen molar-refractivity contribution >= 4 is 29.5 Å². The molecule has 3 saturated heterocycles. The number of hydrogen-bond donors (Lipinski definition) is 0. The van der Waals surface area contributed by atoms with Gasteiger partial charge in [0, 0.05) is 18.0 Å². The summed E-state index contributed by atoms with van der Waals surface area (Å²) in [5.41, 5.74) is -0.184. The number of carbonyl (C=O) groups is 3. The van der Waals surface area contributed by atoms with Gasteiger partial charge in [-0.25, -0.2) is 0 Å². The van der Waals surface area contributed by atoms with Gasteiger partial charge in [0.25, 0.3) is 0 Å². The molecule has 4 atom stereocenters. The Labute approximate surface area is 181 Å². The third-order valence-corrected chi connectivity index (χ3v) is 8.02. The Balaban J connectivity index is 1.83. The number of benzene rings is 1. The highest BCUT2D eigenvalue weighted by Crippen LogP contribution is 2.59. The van der Waals surface area contributed by atoms with Gasteiger partial charge in [-0.1, -0.05) is 13.0 Å². The standard InChI is InChI=1S/C22H28N2O5S/c1-5-11-30-15-8-7-13(12-14(15)28-3)18-16-17(20(26)23(2)19(16)25)22(21(27)29-4)9-6-10-24(18)22/h7-8,12,16-18H,5-6,9-11H2,1-4H3/t16-,17-,18+,22-/m0/s1. The molecule has 7 nitrogen and oxygen atoms in total. The van der Waals surface area contributed by atoms with Crippen LogP contribution in [0.25, 0.3) is 0 Å². The van der Waals surface area contributed by atoms with Gasteiger partial charge in [0.2, 0.25) is 11.8 Å². The van der Waals surface area contributed by atoms with E-state index >= 15 is 0 Å². The summed E-state index contributed by atoms with van der Waals surface area (Å²) in [5, 5.41) is 0. The average Bonchev–Trinajstić information content (AvgIpc) is 3.37. The fourth-order valence-corrected chi connectivity index (χ4v) is 6.42. The van der Waals surface area contributed by atoms with Crippen LogP contribution in [0, 0.1) is 11.8 Å². The van der Waals surface area contributed by atoms with Crippen LogP contribution in [-0.2, 0) is 19.1 Å². The summed E-state index contributed by atoms with van der Waals surface area (Å²) in [5.74, 6) is -0.503. The number of likely N-dealkylation sites (tertiary alicyclic amines) is 1. The molecular weight excluding hydrogens is 404 g/mol. The molecule has 0 aliphatic carbocycles. The first-order valence-electron chi connectivity index (χ1n) is 10.4. The first-order chi connectivity index (χ1) is 14.4. The third-order valence-electron chi connectivity index (χ3n) is 6.76. The summed E-state index contributed by atoms with van der Waals surface area (Å²) in [6.07, 6.45) is 2.35. The molecule has 4 rings (SSSR count). The molecule has 1 aromatic carbocycles. The molecule has 0 radical (unpaired) electrons. The molecule has 3 heterocycles. The molecule has 3 aliphatic rings. The highest BCUT2D eigenvalue weighted by molar-refractivity contribution is 7.99. The average molecular weight is 433 g/mol. The maximum atomic E-state index is 13.1. The summed E-state index contributed by atoms with van der Waals surface area (Å²) in [6, 6.07) is 5.62. The van der Waals surface area contributed by atoms with Gasteiger partial charge >= 0.3 is 5.97 Å². The monoisotopic (exact) mass is 432 g/mol. The molecule has 0 spiro atoms. The van der Waals surface area contributed by atoms with Gasteiger partial charge in [0.15, 0.2) is 0 Å². The fourth-order valence-electron chi connectivity index (χ4n) is 5.54. The number of carbonyl (C=O) groups excluding carboxylic acids is 3. The van der Waals surface area contributed by atoms with E-state index in [1.807, 2.05) is 23.1 Å². The number of methoxy groups -OCH3 is 2. The lowest BCUT2D eigenvalue weighted by molar-refractivity contribution is -0.158. The Morgan fingerprint density at radius 1 is 1.27 bits per heavy atom. The quantitative estimate of drug-likeness (QED) is 0.388. The lowest BCUT2D eigenvalue weighted by Gasteiger charge is -2.35. The van der Waals surface area contributed by atoms with Crippen molar-refractivity contribution in [2.75, 3.05) is 33.6 Å². The normalized spacial score (nSPS) is 30.5. The Bertz CT molecular complexity index is 890. The number of rotatable bonds is 6. The van der Waals surface area contributed by atoms with Gasteiger partial charge in [-0.3, -0.25) is 24.2 Å². The number of thioether (sulfide) groups is 1. The molecule has 30 heavy (non-hydrogen) atoms. The SMILES string of the molecule is CCCSc1ccc([C@@H]2[C@H]3C(=O)N(C)C(=O)[C@H]3[C@]3(C(=O)OC)CCCN23)cc1OC. The Morgan fingerprint density at radius 2 is 2.03 bits per heavy atom. The highest BCUT2D eigenvalue weighted by atomic mass is 32.2. The van der Waals surface area contributed by atoms with E-state index in [2.05, 4.69) is 6.92 Å². The van der Waals surface area contributed by atoms with Crippen LogP contribution in [0.2, 0.25) is 0 Å². The van der Waals surface area contributed by atoms with Crippen molar-refractivity contribution in [3.8, 4) is 5.75 Å². The maximum absolute atomic E-state index is 13.1. The summed E-state index contributed by atoms with van der Waals surface area (Å²) < 4.78 is 10.8. The second-order valence-corrected chi connectivity index (χ2v) is 9.29. The summed E-state index contributed by atoms with van der Waals surface area (Å²) in [7, 11) is 4.50. The highest BCUT2D eigenvalue weighted by Gasteiger charge is 2.73. The Hall–Kier alpha value is -2.06. The van der Waals surface area contributed by atoms with E-state index in [4.69, 9.17) is 9.47 Å². The molecule has 0 aromatic heterocycles. The zero-order chi connectivity index (χ0) is 21.6. The van der Waals surface area contributed by atoms with Gasteiger partial charge in [0.1, 0.15) is 11.3 Å². The van der Waals surface area contributed by atoms with Crippen molar-refractivity contribution < 1.29 is 23.9 Å². The second kappa shape index (κ2) is 7.89. The number of esters is 1. The molecule has 0 N–H and O–H groups in total. The van der Waals surface area contributed by atoms with Gasteiger partial charge in [-0.05, 0) is 49.3 Å². The predicted octanol–water partition coefficient (Wildman–Crippen LogP) is 2.49. The third kappa shape index (κ3) is 2.80. The molecule has 3 fully saturated rings. The minimum Gasteiger partial charge on any atom is -0.496 e. The zero-order valence-electron chi connectivity index (χ0n) is 17.8. The first-order valence-corrected chi connectivity index (χ1v) is 11.4. The molecule has 0 bridgehead atoms. The summed E-state index contributed by atoms with van der Waals surface area (Å²) in [6.45, 7) is 2.77. The van der Waals surface area contributed by atoms with E-state index in [9.17, 15) is 14.4 Å². The first kappa shape index (κ1) is 21.2. The smallest absolute Gasteiger partial charge is 0.327 e. The van der Waals surface area contributed by atoms with Crippen molar-refractivity contribution in [2.45, 2.75) is 42.7 Å². The van der Waals surface area contributed by atoms with Crippen LogP contribution in [0.4, 0.5) is 0 Å². The van der Waals surface area contributed by atoms with E-state index in [-0.39, 0.29) is 17.9 Å². The maximum Gasteiger partial charge on any atom is 0.327 e. The van der Waals surface area contributed by atoms with Crippen LogP contribution in [0.15, 0.2) is 23.1 Å². The second-order valence-electron chi connectivity index (χ2n) is 8.16. The zero-order valence-corrected chi connectivity index (χ0v) is 18.7. The largest absolute Gasteiger partial charge is 0.496 e. The van der Waals surface area contributed by atoms with Crippen molar-refractivity contribution in [2.24, 2.45) is 11.8 Å². The fraction of sp³-hybridized carbons (Fsp3) is 0.591. The number of hydrogen-bond acceptors (Lipinski definition) is 7. The molecule has 3 aliphatic heterocycles. The molecule has 1 aromatic rings. The molecule has 2 amide bonds. The van der Waals surface area contributed by atoms with Crippen LogP contribution in [-0.4, -0.2) is 66.7 Å². The Morgan fingerprint density at radius 3 is 2.70 bits per heavy atom. The van der Waals surface area contributed by atoms with Gasteiger partial charge in [0.05, 0.1) is 26.1 Å². The summed E-state index contributed by atoms with van der Waals surface area (Å²) >= 11 is 1.73. The number of fused-ring (bicyclic) bond motifs is 3. The van der Waals surface area contributed by atoms with Crippen LogP contribution in [0.5, 0.6) is 5.75 Å². The van der Waals surface area contributed by atoms with Gasteiger partial charge in [-0.2, -0.15) is 0 Å². The molecule has 162 valence electrons. The van der Waals surface area contributed by atoms with Crippen molar-refractivity contribution in [3.05, 3.63) is 23.8 Å². The minimum atomic E-state index is -1.08. The van der Waals surface area contributed by atoms with Crippen LogP contribution in [0.1, 0.15) is 37.8 Å². The topological polar surface area (TPSA) is 76.2 Å². The van der Waals surface area contributed by atoms with Gasteiger partial charge in [-0.15, -0.1) is 11.8 Å². The number of amides is 2. The molecule has 8 heteroatoms. The summed E-state index contributed by atoms with van der Waals surface area (Å²) in [4.78, 5) is 43.5. The van der Waals surface area contributed by atoms with Gasteiger partial charge < -0.3 is 9.47 Å². The lowest BCUT2D eigenvalue weighted by atomic mass is 9.77. The minimum absolute atomic E-state index is 0.226. The van der Waals surface area contributed by atoms with E-state index in [0.717, 1.165) is 34.8 Å². The number of imide groups is 1. The predicted molar refractivity (Wildman–Crippen MR) is 112 cm³/mol. The van der Waals surface area contributed by atoms with E-state index in [0.29, 0.717) is 13.0 Å². The van der Waals surface area contributed by atoms with Crippen molar-refractivity contribution in [1.82, 2.24) is 9.80 Å². The lowest BCUT2D eigenvalue weighted by Crippen LogP contribution is -2.54. The van der Waals surface area contributed by atoms with E-state index < -0.39 is 23.3 Å². The van der Waals surface area contributed by atoms with E-state index in [1.165, 1.54) is 19.1 Å². The van der Waals surface area contributed by atoms with Crippen molar-refractivity contribution in [1.29, 1.82) is 0 Å². The molecule has 0 unspecified atom stereocenters. The van der Waals surface area contributed by atoms with Crippen LogP contribution in [0.3, 0.4) is 0 Å². The molecular formula is C22H28N2O5S.